The van der Waals surface area contributed by atoms with Crippen molar-refractivity contribution >= 4 is 38.9 Å². The van der Waals surface area contributed by atoms with Crippen LogP contribution in [0.2, 0.25) is 5.02 Å². The van der Waals surface area contributed by atoms with Gasteiger partial charge in [0.25, 0.3) is 11.6 Å². The van der Waals surface area contributed by atoms with E-state index in [-0.39, 0.29) is 29.4 Å². The number of nitrogens with zero attached hydrogens (tertiary/aromatic N) is 2. The highest BCUT2D eigenvalue weighted by molar-refractivity contribution is 9.10. The number of alkyl halides is 2. The first-order valence-electron chi connectivity index (χ1n) is 5.06. The molecule has 0 aliphatic carbocycles. The van der Waals surface area contributed by atoms with Crippen LogP contribution in [0.1, 0.15) is 6.42 Å². The third-order valence-electron chi connectivity index (χ3n) is 2.72. The Kier molecular flexibility index (Phi) is 3.46. The Morgan fingerprint density at radius 1 is 1.50 bits per heavy atom. The van der Waals surface area contributed by atoms with Gasteiger partial charge in [0.1, 0.15) is 5.69 Å². The molecule has 1 heterocycles. The number of halogens is 4. The Labute approximate surface area is 115 Å². The fourth-order valence-electron chi connectivity index (χ4n) is 1.87. The molecule has 1 aliphatic rings. The highest BCUT2D eigenvalue weighted by Crippen LogP contribution is 2.40. The van der Waals surface area contributed by atoms with Crippen LogP contribution in [-0.2, 0) is 0 Å². The molecule has 1 saturated heterocycles. The average molecular weight is 342 g/mol. The van der Waals surface area contributed by atoms with Gasteiger partial charge in [-0.2, -0.15) is 0 Å². The number of nitro groups is 1. The SMILES string of the molecule is O=[N+]([O-])c1cc(Br)c(Cl)cc1N1CCC(F)(F)C1. The quantitative estimate of drug-likeness (QED) is 0.606. The topological polar surface area (TPSA) is 46.4 Å². The molecule has 1 aliphatic heterocycles. The van der Waals surface area contributed by atoms with E-state index in [9.17, 15) is 18.9 Å². The number of hydrogen-bond donors (Lipinski definition) is 0. The molecule has 1 fully saturated rings. The van der Waals surface area contributed by atoms with Gasteiger partial charge in [0, 0.05) is 23.5 Å². The van der Waals surface area contributed by atoms with Crippen molar-refractivity contribution in [2.24, 2.45) is 0 Å². The monoisotopic (exact) mass is 340 g/mol. The zero-order valence-corrected chi connectivity index (χ0v) is 11.3. The normalized spacial score (nSPS) is 18.1. The van der Waals surface area contributed by atoms with E-state index in [2.05, 4.69) is 15.9 Å². The molecular formula is C10H8BrClF2N2O2. The molecule has 2 rings (SSSR count). The molecule has 0 bridgehead atoms. The van der Waals surface area contributed by atoms with Gasteiger partial charge in [0.15, 0.2) is 0 Å². The highest BCUT2D eigenvalue weighted by atomic mass is 79.9. The highest BCUT2D eigenvalue weighted by Gasteiger charge is 2.40. The molecule has 0 saturated carbocycles. The van der Waals surface area contributed by atoms with Gasteiger partial charge in [0.05, 0.1) is 16.5 Å². The van der Waals surface area contributed by atoms with Gasteiger partial charge in [-0.15, -0.1) is 0 Å². The van der Waals surface area contributed by atoms with Crippen LogP contribution >= 0.6 is 27.5 Å². The predicted molar refractivity (Wildman–Crippen MR) is 67.6 cm³/mol. The zero-order chi connectivity index (χ0) is 13.5. The minimum Gasteiger partial charge on any atom is -0.360 e. The van der Waals surface area contributed by atoms with Crippen LogP contribution in [0, 0.1) is 10.1 Å². The minimum atomic E-state index is -2.81. The lowest BCUT2D eigenvalue weighted by Gasteiger charge is -2.18. The van der Waals surface area contributed by atoms with E-state index in [4.69, 9.17) is 11.6 Å². The maximum Gasteiger partial charge on any atom is 0.293 e. The van der Waals surface area contributed by atoms with E-state index >= 15 is 0 Å². The molecule has 0 radical (unpaired) electrons. The summed E-state index contributed by atoms with van der Waals surface area (Å²) in [6, 6.07) is 2.57. The van der Waals surface area contributed by atoms with Gasteiger partial charge < -0.3 is 4.90 Å². The third kappa shape index (κ3) is 2.56. The summed E-state index contributed by atoms with van der Waals surface area (Å²) in [4.78, 5) is 11.6. The summed E-state index contributed by atoms with van der Waals surface area (Å²) >= 11 is 8.93. The Morgan fingerprint density at radius 3 is 2.67 bits per heavy atom. The molecule has 0 N–H and O–H groups in total. The Bertz CT molecular complexity index is 513. The van der Waals surface area contributed by atoms with Crippen LogP contribution < -0.4 is 4.90 Å². The number of anilines is 1. The van der Waals surface area contributed by atoms with Gasteiger partial charge in [-0.05, 0) is 22.0 Å². The van der Waals surface area contributed by atoms with Gasteiger partial charge in [0.2, 0.25) is 0 Å². The summed E-state index contributed by atoms with van der Waals surface area (Å²) in [5.41, 5.74) is -0.102. The molecule has 0 unspecified atom stereocenters. The number of benzene rings is 1. The second kappa shape index (κ2) is 4.62. The van der Waals surface area contributed by atoms with Crippen molar-refractivity contribution in [3.63, 3.8) is 0 Å². The largest absolute Gasteiger partial charge is 0.360 e. The maximum absolute atomic E-state index is 13.1. The summed E-state index contributed by atoms with van der Waals surface area (Å²) in [6.07, 6.45) is -0.308. The lowest BCUT2D eigenvalue weighted by atomic mass is 10.2. The first-order chi connectivity index (χ1) is 8.30. The summed E-state index contributed by atoms with van der Waals surface area (Å²) in [5, 5.41) is 11.2. The lowest BCUT2D eigenvalue weighted by Crippen LogP contribution is -2.25. The second-order valence-electron chi connectivity index (χ2n) is 4.04. The molecule has 0 atom stereocenters. The van der Waals surface area contributed by atoms with Crippen LogP contribution in [-0.4, -0.2) is 23.9 Å². The zero-order valence-electron chi connectivity index (χ0n) is 9.00. The van der Waals surface area contributed by atoms with Crippen LogP contribution in [0.15, 0.2) is 16.6 Å². The fourth-order valence-corrected chi connectivity index (χ4v) is 2.36. The van der Waals surface area contributed by atoms with Crippen LogP contribution in [0.5, 0.6) is 0 Å². The van der Waals surface area contributed by atoms with Gasteiger partial charge >= 0.3 is 0 Å². The molecule has 98 valence electrons. The molecule has 0 amide bonds. The Hall–Kier alpha value is -0.950. The minimum absolute atomic E-state index is 0.0752. The van der Waals surface area contributed by atoms with Crippen molar-refractivity contribution in [1.82, 2.24) is 0 Å². The van der Waals surface area contributed by atoms with Gasteiger partial charge in [-0.25, -0.2) is 8.78 Å². The lowest BCUT2D eigenvalue weighted by molar-refractivity contribution is -0.384. The number of nitro benzene ring substituents is 1. The summed E-state index contributed by atoms with van der Waals surface area (Å²) in [5.74, 6) is -2.81. The van der Waals surface area contributed by atoms with E-state index in [1.165, 1.54) is 17.0 Å². The van der Waals surface area contributed by atoms with Crippen molar-refractivity contribution < 1.29 is 13.7 Å². The van der Waals surface area contributed by atoms with E-state index < -0.39 is 17.4 Å². The van der Waals surface area contributed by atoms with E-state index in [1.54, 1.807) is 0 Å². The van der Waals surface area contributed by atoms with Gasteiger partial charge in [-0.1, -0.05) is 11.6 Å². The van der Waals surface area contributed by atoms with Crippen molar-refractivity contribution in [1.29, 1.82) is 0 Å². The standard InChI is InChI=1S/C10H8BrClF2N2O2/c11-6-3-9(16(17)18)8(4-7(6)12)15-2-1-10(13,14)5-15/h3-4H,1-2,5H2. The fraction of sp³-hybridized carbons (Fsp3) is 0.400. The molecular weight excluding hydrogens is 333 g/mol. The summed E-state index contributed by atoms with van der Waals surface area (Å²) in [6.45, 7) is -0.447. The molecule has 4 nitrogen and oxygen atoms in total. The molecule has 8 heteroatoms. The molecule has 18 heavy (non-hydrogen) atoms. The Balaban J connectivity index is 2.44. The predicted octanol–water partition coefficient (Wildman–Crippen LogP) is 3.86. The van der Waals surface area contributed by atoms with Crippen LogP contribution in [0.25, 0.3) is 0 Å². The first-order valence-corrected chi connectivity index (χ1v) is 6.23. The number of rotatable bonds is 2. The Morgan fingerprint density at radius 2 is 2.17 bits per heavy atom. The average Bonchev–Trinajstić information content (AvgIpc) is 2.62. The van der Waals surface area contributed by atoms with E-state index in [1.807, 2.05) is 0 Å². The van der Waals surface area contributed by atoms with E-state index in [0.29, 0.717) is 4.47 Å². The van der Waals surface area contributed by atoms with Crippen molar-refractivity contribution in [2.45, 2.75) is 12.3 Å². The van der Waals surface area contributed by atoms with Crippen LogP contribution in [0.3, 0.4) is 0 Å². The maximum atomic E-state index is 13.1. The van der Waals surface area contributed by atoms with Crippen molar-refractivity contribution in [3.05, 3.63) is 31.7 Å². The first kappa shape index (κ1) is 13.5. The summed E-state index contributed by atoms with van der Waals surface area (Å²) < 4.78 is 26.6. The smallest absolute Gasteiger partial charge is 0.293 e. The van der Waals surface area contributed by atoms with Crippen LogP contribution in [0.4, 0.5) is 20.2 Å². The second-order valence-corrected chi connectivity index (χ2v) is 5.30. The molecule has 0 aromatic heterocycles. The molecule has 1 aromatic rings. The van der Waals surface area contributed by atoms with E-state index in [0.717, 1.165) is 0 Å². The third-order valence-corrected chi connectivity index (χ3v) is 3.92. The molecule has 1 aromatic carbocycles. The van der Waals surface area contributed by atoms with Gasteiger partial charge in [-0.3, -0.25) is 10.1 Å². The summed E-state index contributed by atoms with van der Waals surface area (Å²) in [7, 11) is 0. The molecule has 0 spiro atoms. The number of hydrogen-bond acceptors (Lipinski definition) is 3. The van der Waals surface area contributed by atoms with Crippen molar-refractivity contribution in [2.75, 3.05) is 18.0 Å². The van der Waals surface area contributed by atoms with Crippen molar-refractivity contribution in [3.8, 4) is 0 Å².